The van der Waals surface area contributed by atoms with Gasteiger partial charge in [0, 0.05) is 12.0 Å². The van der Waals surface area contributed by atoms with Gasteiger partial charge in [0.15, 0.2) is 5.78 Å². The Labute approximate surface area is 97.9 Å². The highest BCUT2D eigenvalue weighted by molar-refractivity contribution is 5.96. The third kappa shape index (κ3) is 4.58. The maximum Gasteiger partial charge on any atom is 0.162 e. The van der Waals surface area contributed by atoms with E-state index in [1.807, 2.05) is 31.2 Å². The lowest BCUT2D eigenvalue weighted by atomic mass is 10.0. The van der Waals surface area contributed by atoms with Crippen LogP contribution in [0.4, 0.5) is 0 Å². The van der Waals surface area contributed by atoms with E-state index in [4.69, 9.17) is 5.73 Å². The van der Waals surface area contributed by atoms with E-state index in [0.29, 0.717) is 6.42 Å². The number of rotatable bonds is 7. The van der Waals surface area contributed by atoms with Gasteiger partial charge in [0.2, 0.25) is 0 Å². The molecule has 0 aliphatic heterocycles. The van der Waals surface area contributed by atoms with E-state index in [1.165, 1.54) is 5.56 Å². The Bertz CT molecular complexity index is 316. The highest BCUT2D eigenvalue weighted by Crippen LogP contribution is 2.10. The van der Waals surface area contributed by atoms with E-state index in [-0.39, 0.29) is 5.78 Å². The molecule has 0 spiro atoms. The topological polar surface area (TPSA) is 43.1 Å². The first-order valence-corrected chi connectivity index (χ1v) is 6.04. The monoisotopic (exact) mass is 219 g/mol. The lowest BCUT2D eigenvalue weighted by Gasteiger charge is -2.01. The van der Waals surface area contributed by atoms with Gasteiger partial charge in [-0.15, -0.1) is 0 Å². The van der Waals surface area contributed by atoms with Gasteiger partial charge in [-0.05, 0) is 26.3 Å². The molecule has 0 unspecified atom stereocenters. The van der Waals surface area contributed by atoms with Gasteiger partial charge in [-0.2, -0.15) is 0 Å². The fourth-order valence-corrected chi connectivity index (χ4v) is 1.67. The van der Waals surface area contributed by atoms with Crippen molar-refractivity contribution in [1.29, 1.82) is 0 Å². The zero-order chi connectivity index (χ0) is 11.8. The summed E-state index contributed by atoms with van der Waals surface area (Å²) >= 11 is 0. The van der Waals surface area contributed by atoms with Crippen molar-refractivity contribution >= 4 is 5.78 Å². The lowest BCUT2D eigenvalue weighted by Crippen LogP contribution is -2.00. The van der Waals surface area contributed by atoms with Crippen LogP contribution < -0.4 is 5.73 Å². The van der Waals surface area contributed by atoms with Crippen LogP contribution in [-0.4, -0.2) is 12.3 Å². The smallest absolute Gasteiger partial charge is 0.162 e. The minimum Gasteiger partial charge on any atom is -0.330 e. The number of unbranched alkanes of at least 4 members (excludes halogenated alkanes) is 3. The fourth-order valence-electron chi connectivity index (χ4n) is 1.67. The van der Waals surface area contributed by atoms with Gasteiger partial charge in [0.05, 0.1) is 0 Å². The summed E-state index contributed by atoms with van der Waals surface area (Å²) in [7, 11) is 0. The molecule has 1 aromatic carbocycles. The Kier molecular flexibility index (Phi) is 5.79. The summed E-state index contributed by atoms with van der Waals surface area (Å²) in [5.41, 5.74) is 7.44. The van der Waals surface area contributed by atoms with Crippen LogP contribution in [0.15, 0.2) is 24.3 Å². The number of nitrogens with two attached hydrogens (primary N) is 1. The number of carbonyl (C=O) groups excluding carboxylic acids is 1. The Morgan fingerprint density at radius 3 is 2.31 bits per heavy atom. The lowest BCUT2D eigenvalue weighted by molar-refractivity contribution is 0.0979. The van der Waals surface area contributed by atoms with E-state index < -0.39 is 0 Å². The fraction of sp³-hybridized carbons (Fsp3) is 0.500. The van der Waals surface area contributed by atoms with Crippen molar-refractivity contribution in [1.82, 2.24) is 0 Å². The van der Waals surface area contributed by atoms with Crippen molar-refractivity contribution in [2.75, 3.05) is 6.54 Å². The number of ketones is 1. The second kappa shape index (κ2) is 7.18. The molecule has 2 heteroatoms. The van der Waals surface area contributed by atoms with Gasteiger partial charge < -0.3 is 5.73 Å². The first kappa shape index (κ1) is 12.9. The van der Waals surface area contributed by atoms with Gasteiger partial charge in [0.25, 0.3) is 0 Å². The zero-order valence-corrected chi connectivity index (χ0v) is 10.0. The number of hydrogen-bond donors (Lipinski definition) is 1. The van der Waals surface area contributed by atoms with E-state index in [0.717, 1.165) is 37.8 Å². The van der Waals surface area contributed by atoms with E-state index >= 15 is 0 Å². The molecule has 16 heavy (non-hydrogen) atoms. The predicted molar refractivity (Wildman–Crippen MR) is 67.6 cm³/mol. The highest BCUT2D eigenvalue weighted by Gasteiger charge is 2.04. The van der Waals surface area contributed by atoms with Gasteiger partial charge in [-0.3, -0.25) is 4.79 Å². The molecule has 0 saturated carbocycles. The molecule has 0 fully saturated rings. The third-order valence-corrected chi connectivity index (χ3v) is 2.73. The molecule has 0 radical (unpaired) electrons. The van der Waals surface area contributed by atoms with Crippen molar-refractivity contribution in [3.63, 3.8) is 0 Å². The number of benzene rings is 1. The summed E-state index contributed by atoms with van der Waals surface area (Å²) in [6.07, 6.45) is 4.95. The van der Waals surface area contributed by atoms with Crippen molar-refractivity contribution in [2.24, 2.45) is 5.73 Å². The molecule has 0 aromatic heterocycles. The summed E-state index contributed by atoms with van der Waals surface area (Å²) in [5.74, 6) is 0.257. The Balaban J connectivity index is 2.27. The normalized spacial score (nSPS) is 10.4. The minimum atomic E-state index is 0.257. The minimum absolute atomic E-state index is 0.257. The average molecular weight is 219 g/mol. The highest BCUT2D eigenvalue weighted by atomic mass is 16.1. The Hall–Kier alpha value is -1.15. The summed E-state index contributed by atoms with van der Waals surface area (Å²) in [6.45, 7) is 2.78. The molecule has 0 amide bonds. The van der Waals surface area contributed by atoms with Gasteiger partial charge in [0.1, 0.15) is 0 Å². The first-order valence-electron chi connectivity index (χ1n) is 6.04. The Morgan fingerprint density at radius 2 is 1.69 bits per heavy atom. The number of Topliss-reactive ketones (excluding diaryl/α,β-unsaturated/α-hetero) is 1. The van der Waals surface area contributed by atoms with E-state index in [2.05, 4.69) is 0 Å². The molecule has 1 aromatic rings. The van der Waals surface area contributed by atoms with Crippen molar-refractivity contribution < 1.29 is 4.79 Å². The molecule has 0 saturated heterocycles. The molecule has 1 rings (SSSR count). The van der Waals surface area contributed by atoms with Crippen LogP contribution in [-0.2, 0) is 0 Å². The number of aryl methyl sites for hydroxylation is 1. The largest absolute Gasteiger partial charge is 0.330 e. The molecule has 88 valence electrons. The summed E-state index contributed by atoms with van der Waals surface area (Å²) in [5, 5.41) is 0. The van der Waals surface area contributed by atoms with E-state index in [1.54, 1.807) is 0 Å². The van der Waals surface area contributed by atoms with Crippen LogP contribution in [0.2, 0.25) is 0 Å². The quantitative estimate of drug-likeness (QED) is 0.565. The van der Waals surface area contributed by atoms with Crippen LogP contribution in [0.25, 0.3) is 0 Å². The van der Waals surface area contributed by atoms with Crippen LogP contribution in [0, 0.1) is 6.92 Å². The molecule has 0 aliphatic carbocycles. The van der Waals surface area contributed by atoms with Crippen LogP contribution in [0.5, 0.6) is 0 Å². The van der Waals surface area contributed by atoms with Gasteiger partial charge in [-0.1, -0.05) is 42.7 Å². The maximum absolute atomic E-state index is 11.8. The average Bonchev–Trinajstić information content (AvgIpc) is 2.29. The first-order chi connectivity index (χ1) is 7.74. The standard InChI is InChI=1S/C14H21NO/c1-12-7-9-13(10-8-12)14(16)6-4-2-3-5-11-15/h7-10H,2-6,11,15H2,1H3. The molecular weight excluding hydrogens is 198 g/mol. The SMILES string of the molecule is Cc1ccc(C(=O)CCCCCCN)cc1. The summed E-state index contributed by atoms with van der Waals surface area (Å²) in [4.78, 5) is 11.8. The predicted octanol–water partition coefficient (Wildman–Crippen LogP) is 3.09. The van der Waals surface area contributed by atoms with E-state index in [9.17, 15) is 4.79 Å². The summed E-state index contributed by atoms with van der Waals surface area (Å²) in [6, 6.07) is 7.80. The molecule has 0 atom stereocenters. The number of carbonyl (C=O) groups is 1. The molecular formula is C14H21NO. The van der Waals surface area contributed by atoms with Gasteiger partial charge >= 0.3 is 0 Å². The van der Waals surface area contributed by atoms with Crippen molar-refractivity contribution in [3.05, 3.63) is 35.4 Å². The van der Waals surface area contributed by atoms with Crippen LogP contribution in [0.3, 0.4) is 0 Å². The molecule has 0 heterocycles. The second-order valence-electron chi connectivity index (χ2n) is 4.24. The van der Waals surface area contributed by atoms with Crippen LogP contribution >= 0.6 is 0 Å². The maximum atomic E-state index is 11.8. The zero-order valence-electron chi connectivity index (χ0n) is 10.0. The Morgan fingerprint density at radius 1 is 1.06 bits per heavy atom. The van der Waals surface area contributed by atoms with Crippen molar-refractivity contribution in [2.45, 2.75) is 39.0 Å². The van der Waals surface area contributed by atoms with Crippen LogP contribution in [0.1, 0.15) is 48.0 Å². The second-order valence-corrected chi connectivity index (χ2v) is 4.24. The summed E-state index contributed by atoms with van der Waals surface area (Å²) < 4.78 is 0. The molecule has 0 bridgehead atoms. The number of hydrogen-bond acceptors (Lipinski definition) is 2. The third-order valence-electron chi connectivity index (χ3n) is 2.73. The molecule has 0 aliphatic rings. The van der Waals surface area contributed by atoms with Gasteiger partial charge in [-0.25, -0.2) is 0 Å². The molecule has 2 N–H and O–H groups in total. The van der Waals surface area contributed by atoms with Crippen molar-refractivity contribution in [3.8, 4) is 0 Å². The molecule has 2 nitrogen and oxygen atoms in total.